The largest absolute Gasteiger partial charge is 0.494 e. The predicted octanol–water partition coefficient (Wildman–Crippen LogP) is 4.73. The van der Waals surface area contributed by atoms with E-state index >= 15 is 0 Å². The van der Waals surface area contributed by atoms with Crippen molar-refractivity contribution < 1.29 is 14.3 Å². The van der Waals surface area contributed by atoms with E-state index in [0.717, 1.165) is 43.6 Å². The average Bonchev–Trinajstić information content (AvgIpc) is 2.82. The molecule has 1 aromatic carbocycles. The molecule has 0 spiro atoms. The second-order valence-electron chi connectivity index (χ2n) is 9.59. The first-order valence-corrected chi connectivity index (χ1v) is 12.7. The van der Waals surface area contributed by atoms with E-state index in [-0.39, 0.29) is 36.2 Å². The molecule has 0 fully saturated rings. The van der Waals surface area contributed by atoms with Gasteiger partial charge < -0.3 is 26.0 Å². The van der Waals surface area contributed by atoms with Crippen molar-refractivity contribution in [2.75, 3.05) is 25.5 Å². The molecule has 0 aliphatic rings. The Hall–Kier alpha value is -2.80. The van der Waals surface area contributed by atoms with Crippen molar-refractivity contribution >= 4 is 17.5 Å². The number of carbonyl (C=O) groups excluding carboxylic acids is 2. The van der Waals surface area contributed by atoms with Crippen LogP contribution >= 0.6 is 0 Å². The van der Waals surface area contributed by atoms with E-state index in [4.69, 9.17) is 4.74 Å². The quantitative estimate of drug-likeness (QED) is 0.178. The molecular formula is C28H46N4O3. The molecule has 4 N–H and O–H groups in total. The Morgan fingerprint density at radius 2 is 1.60 bits per heavy atom. The van der Waals surface area contributed by atoms with Crippen LogP contribution in [-0.4, -0.2) is 38.0 Å². The maximum absolute atomic E-state index is 12.4. The molecular weight excluding hydrogens is 440 g/mol. The summed E-state index contributed by atoms with van der Waals surface area (Å²) in [5.41, 5.74) is 2.34. The summed E-state index contributed by atoms with van der Waals surface area (Å²) in [6, 6.07) is 7.29. The molecule has 0 saturated carbocycles. The number of nitrogens with one attached hydrogen (secondary N) is 4. The molecule has 0 saturated heterocycles. The van der Waals surface area contributed by atoms with Crippen molar-refractivity contribution in [3.05, 3.63) is 54.4 Å². The van der Waals surface area contributed by atoms with Crippen LogP contribution in [0.2, 0.25) is 0 Å². The van der Waals surface area contributed by atoms with Crippen LogP contribution in [0.3, 0.4) is 0 Å². The minimum absolute atomic E-state index is 0.0192. The van der Waals surface area contributed by atoms with Crippen molar-refractivity contribution in [1.29, 1.82) is 0 Å². The summed E-state index contributed by atoms with van der Waals surface area (Å²) in [6.45, 7) is 17.6. The molecule has 7 nitrogen and oxygen atoms in total. The lowest BCUT2D eigenvalue weighted by Gasteiger charge is -2.25. The van der Waals surface area contributed by atoms with Gasteiger partial charge in [-0.15, -0.1) is 0 Å². The molecule has 196 valence electrons. The maximum atomic E-state index is 12.4. The number of hydrogen-bond donors (Lipinski definition) is 4. The molecule has 0 aliphatic heterocycles. The van der Waals surface area contributed by atoms with E-state index in [0.29, 0.717) is 24.4 Å². The Balaban J connectivity index is 2.42. The first kappa shape index (κ1) is 30.2. The van der Waals surface area contributed by atoms with Crippen molar-refractivity contribution in [2.45, 2.75) is 72.4 Å². The lowest BCUT2D eigenvalue weighted by Crippen LogP contribution is -2.44. The van der Waals surface area contributed by atoms with Gasteiger partial charge in [0.2, 0.25) is 11.8 Å². The molecule has 0 heterocycles. The normalized spacial score (nSPS) is 11.7. The highest BCUT2D eigenvalue weighted by molar-refractivity contribution is 5.92. The van der Waals surface area contributed by atoms with E-state index in [1.165, 1.54) is 0 Å². The number of hydrogen-bond acceptors (Lipinski definition) is 5. The van der Waals surface area contributed by atoms with Crippen LogP contribution < -0.4 is 21.3 Å². The van der Waals surface area contributed by atoms with E-state index in [2.05, 4.69) is 34.4 Å². The lowest BCUT2D eigenvalue weighted by atomic mass is 10.0. The van der Waals surface area contributed by atoms with Crippen LogP contribution in [-0.2, 0) is 20.9 Å². The summed E-state index contributed by atoms with van der Waals surface area (Å²) >= 11 is 0. The summed E-state index contributed by atoms with van der Waals surface area (Å²) in [5, 5.41) is 12.1. The van der Waals surface area contributed by atoms with Crippen molar-refractivity contribution in [3.63, 3.8) is 0 Å². The fourth-order valence-corrected chi connectivity index (χ4v) is 3.38. The number of rotatable bonds is 18. The van der Waals surface area contributed by atoms with Gasteiger partial charge in [0.05, 0.1) is 18.3 Å². The van der Waals surface area contributed by atoms with Gasteiger partial charge in [-0.2, -0.15) is 0 Å². The summed E-state index contributed by atoms with van der Waals surface area (Å²) in [7, 11) is 1.95. The molecule has 0 radical (unpaired) electrons. The molecule has 0 bridgehead atoms. The number of allylic oxidation sites excluding steroid dienone is 1. The Morgan fingerprint density at radius 1 is 0.943 bits per heavy atom. The highest BCUT2D eigenvalue weighted by atomic mass is 16.5. The topological polar surface area (TPSA) is 91.5 Å². The standard InChI is InChI=1S/C28H46N4O3/c1-20(2)23(6)35-19-24-13-15-25(16-14-24)31-27(34)18-30-22(5)28(21(3)4)32-26(33)12-10-8-9-11-17-29-7/h13-16,20-21,28-30H,5-6,8-12,17-19H2,1-4,7H3,(H,31,34)(H,32,33). The zero-order valence-electron chi connectivity index (χ0n) is 22.3. The van der Waals surface area contributed by atoms with Crippen LogP contribution in [0.25, 0.3) is 0 Å². The Bertz CT molecular complexity index is 803. The minimum Gasteiger partial charge on any atom is -0.494 e. The number of anilines is 1. The third-order valence-electron chi connectivity index (χ3n) is 5.72. The third kappa shape index (κ3) is 13.0. The van der Waals surface area contributed by atoms with Gasteiger partial charge in [0.15, 0.2) is 0 Å². The fraction of sp³-hybridized carbons (Fsp3) is 0.571. The molecule has 0 aliphatic carbocycles. The van der Waals surface area contributed by atoms with E-state index < -0.39 is 0 Å². The predicted molar refractivity (Wildman–Crippen MR) is 145 cm³/mol. The van der Waals surface area contributed by atoms with Gasteiger partial charge in [-0.1, -0.05) is 65.8 Å². The van der Waals surface area contributed by atoms with Crippen LogP contribution in [0.15, 0.2) is 48.9 Å². The fourth-order valence-electron chi connectivity index (χ4n) is 3.38. The van der Waals surface area contributed by atoms with E-state index in [1.54, 1.807) is 0 Å². The van der Waals surface area contributed by atoms with Gasteiger partial charge in [-0.25, -0.2) is 0 Å². The summed E-state index contributed by atoms with van der Waals surface area (Å²) < 4.78 is 5.65. The van der Waals surface area contributed by atoms with Crippen molar-refractivity contribution in [3.8, 4) is 0 Å². The summed E-state index contributed by atoms with van der Waals surface area (Å²) in [6.07, 6.45) is 4.67. The van der Waals surface area contributed by atoms with E-state index in [1.807, 2.05) is 59.0 Å². The van der Waals surface area contributed by atoms with Crippen LogP contribution in [0, 0.1) is 11.8 Å². The second kappa shape index (κ2) is 16.8. The number of ether oxygens (including phenoxy) is 1. The van der Waals surface area contributed by atoms with Gasteiger partial charge in [0.1, 0.15) is 6.61 Å². The highest BCUT2D eigenvalue weighted by Crippen LogP contribution is 2.15. The highest BCUT2D eigenvalue weighted by Gasteiger charge is 2.19. The molecule has 0 aromatic heterocycles. The SMILES string of the molecule is C=C(OCc1ccc(NC(=O)CNC(=C)C(NC(=O)CCCCCCNC)C(C)C)cc1)C(C)C. The Kier molecular flexibility index (Phi) is 14.5. The summed E-state index contributed by atoms with van der Waals surface area (Å²) in [4.78, 5) is 24.8. The van der Waals surface area contributed by atoms with Crippen molar-refractivity contribution in [2.24, 2.45) is 11.8 Å². The number of benzene rings is 1. The monoisotopic (exact) mass is 486 g/mol. The molecule has 35 heavy (non-hydrogen) atoms. The number of amides is 2. The van der Waals surface area contributed by atoms with Gasteiger partial charge >= 0.3 is 0 Å². The van der Waals surface area contributed by atoms with E-state index in [9.17, 15) is 9.59 Å². The zero-order valence-corrected chi connectivity index (χ0v) is 22.3. The molecule has 2 amide bonds. The third-order valence-corrected chi connectivity index (χ3v) is 5.72. The van der Waals surface area contributed by atoms with Gasteiger partial charge in [0.25, 0.3) is 0 Å². The first-order valence-electron chi connectivity index (χ1n) is 12.7. The second-order valence-corrected chi connectivity index (χ2v) is 9.59. The Labute approximate surface area is 212 Å². The first-order chi connectivity index (χ1) is 16.6. The average molecular weight is 487 g/mol. The minimum atomic E-state index is -0.237. The zero-order chi connectivity index (χ0) is 26.2. The number of carbonyl (C=O) groups is 2. The van der Waals surface area contributed by atoms with Gasteiger partial charge in [-0.3, -0.25) is 9.59 Å². The smallest absolute Gasteiger partial charge is 0.243 e. The molecule has 1 rings (SSSR count). The van der Waals surface area contributed by atoms with Crippen LogP contribution in [0.4, 0.5) is 5.69 Å². The van der Waals surface area contributed by atoms with Crippen molar-refractivity contribution in [1.82, 2.24) is 16.0 Å². The molecule has 1 aromatic rings. The molecule has 1 atom stereocenters. The van der Waals surface area contributed by atoms with Crippen LogP contribution in [0.5, 0.6) is 0 Å². The van der Waals surface area contributed by atoms with Gasteiger partial charge in [-0.05, 0) is 50.0 Å². The Morgan fingerprint density at radius 3 is 2.20 bits per heavy atom. The molecule has 7 heteroatoms. The van der Waals surface area contributed by atoms with Crippen LogP contribution in [0.1, 0.15) is 65.4 Å². The molecule has 1 unspecified atom stereocenters. The number of unbranched alkanes of at least 4 members (excludes halogenated alkanes) is 3. The summed E-state index contributed by atoms with van der Waals surface area (Å²) in [5.74, 6) is 1.02. The maximum Gasteiger partial charge on any atom is 0.243 e. The lowest BCUT2D eigenvalue weighted by molar-refractivity contribution is -0.122. The van der Waals surface area contributed by atoms with Gasteiger partial charge in [0, 0.05) is 23.7 Å².